The van der Waals surface area contributed by atoms with E-state index in [1.54, 1.807) is 14.2 Å². The number of hydrogen-bond acceptors (Lipinski definition) is 5. The van der Waals surface area contributed by atoms with Gasteiger partial charge in [-0.2, -0.15) is 0 Å². The van der Waals surface area contributed by atoms with E-state index in [0.717, 1.165) is 13.0 Å². The molecule has 0 rings (SSSR count). The molecule has 0 aliphatic rings. The Kier molecular flexibility index (Phi) is 33.4. The fourth-order valence-corrected chi connectivity index (χ4v) is 0.512. The lowest BCUT2D eigenvalue weighted by atomic mass is 10.5. The van der Waals surface area contributed by atoms with Gasteiger partial charge in [0.05, 0.1) is 6.61 Å². The van der Waals surface area contributed by atoms with E-state index < -0.39 is 0 Å². The molecule has 0 atom stereocenters. The smallest absolute Gasteiger partial charge is 0.146 e. The quantitative estimate of drug-likeness (QED) is 0.410. The van der Waals surface area contributed by atoms with Crippen molar-refractivity contribution in [2.24, 2.45) is 5.73 Å². The van der Waals surface area contributed by atoms with Crippen LogP contribution in [0, 0.1) is 0 Å². The molecule has 0 aromatic carbocycles. The summed E-state index contributed by atoms with van der Waals surface area (Å²) < 4.78 is 18.9. The summed E-state index contributed by atoms with van der Waals surface area (Å²) in [4.78, 5) is 0. The van der Waals surface area contributed by atoms with Crippen LogP contribution in [0.15, 0.2) is 0 Å². The molecule has 0 fully saturated rings. The molecule has 96 valence electrons. The molecule has 0 bridgehead atoms. The van der Waals surface area contributed by atoms with E-state index in [9.17, 15) is 0 Å². The molecule has 0 aromatic rings. The normalized spacial score (nSPS) is 8.80. The first-order chi connectivity index (χ1) is 6.83. The van der Waals surface area contributed by atoms with Crippen LogP contribution in [0.25, 0.3) is 0 Å². The Morgan fingerprint density at radius 2 is 1.40 bits per heavy atom. The predicted molar refractivity (Wildman–Crippen MR) is 70.4 cm³/mol. The van der Waals surface area contributed by atoms with Gasteiger partial charge in [-0.3, -0.25) is 0 Å². The van der Waals surface area contributed by atoms with Crippen LogP contribution in [0.3, 0.4) is 0 Å². The maximum atomic E-state index is 5.09. The third kappa shape index (κ3) is 31.4. The van der Waals surface area contributed by atoms with Gasteiger partial charge in [0, 0.05) is 27.4 Å². The predicted octanol–water partition coefficient (Wildman–Crippen LogP) is 1.20. The Labute approximate surface area is 110 Å². The Bertz CT molecular complexity index is 70.5. The monoisotopic (exact) mass is 337 g/mol. The molecule has 0 unspecified atom stereocenters. The second-order valence-corrected chi connectivity index (χ2v) is 2.42. The van der Waals surface area contributed by atoms with Crippen molar-refractivity contribution in [2.45, 2.75) is 13.3 Å². The zero-order valence-electron chi connectivity index (χ0n) is 9.86. The summed E-state index contributed by atoms with van der Waals surface area (Å²) in [5.74, 6) is 0. The van der Waals surface area contributed by atoms with Gasteiger partial charge in [-0.15, -0.1) is 24.0 Å². The van der Waals surface area contributed by atoms with Crippen molar-refractivity contribution >= 4 is 24.0 Å². The Morgan fingerprint density at radius 1 is 0.933 bits per heavy atom. The van der Waals surface area contributed by atoms with Crippen molar-refractivity contribution in [1.82, 2.24) is 0 Å². The molecule has 0 heterocycles. The zero-order chi connectivity index (χ0) is 11.1. The van der Waals surface area contributed by atoms with E-state index in [-0.39, 0.29) is 24.0 Å². The summed E-state index contributed by atoms with van der Waals surface area (Å²) in [5.41, 5.74) is 5.09. The lowest BCUT2D eigenvalue weighted by Crippen LogP contribution is -2.09. The van der Waals surface area contributed by atoms with Crippen LogP contribution in [-0.2, 0) is 18.9 Å². The number of methoxy groups -OCH3 is 2. The largest absolute Gasteiger partial charge is 0.359 e. The first-order valence-corrected chi connectivity index (χ1v) is 4.66. The van der Waals surface area contributed by atoms with Gasteiger partial charge >= 0.3 is 0 Å². The van der Waals surface area contributed by atoms with Crippen LogP contribution in [0.1, 0.15) is 13.3 Å². The molecule has 15 heavy (non-hydrogen) atoms. The number of nitrogens with two attached hydrogens (primary N) is 1. The molecule has 0 spiro atoms. The van der Waals surface area contributed by atoms with E-state index >= 15 is 0 Å². The van der Waals surface area contributed by atoms with Gasteiger partial charge in [-0.05, 0) is 6.42 Å². The molecule has 0 radical (unpaired) electrons. The lowest BCUT2D eigenvalue weighted by Gasteiger charge is -1.96. The average molecular weight is 337 g/mol. The van der Waals surface area contributed by atoms with Gasteiger partial charge in [0.2, 0.25) is 0 Å². The summed E-state index contributed by atoms with van der Waals surface area (Å²) in [7, 11) is 3.20. The fourth-order valence-electron chi connectivity index (χ4n) is 0.512. The molecule has 0 aromatic heterocycles. The zero-order valence-corrected chi connectivity index (χ0v) is 12.2. The van der Waals surface area contributed by atoms with Crippen molar-refractivity contribution in [3.8, 4) is 0 Å². The summed E-state index contributed by atoms with van der Waals surface area (Å²) in [6, 6.07) is 0. The number of hydrogen-bond donors (Lipinski definition) is 1. The van der Waals surface area contributed by atoms with Crippen LogP contribution in [0.5, 0.6) is 0 Å². The third-order valence-corrected chi connectivity index (χ3v) is 1.01. The van der Waals surface area contributed by atoms with E-state index in [1.165, 1.54) is 0 Å². The minimum atomic E-state index is 0. The minimum Gasteiger partial charge on any atom is -0.359 e. The van der Waals surface area contributed by atoms with Crippen LogP contribution in [0.4, 0.5) is 0 Å². The Hall–Kier alpha value is 0.530. The molecular formula is C9H24INO4. The number of rotatable bonds is 8. The summed E-state index contributed by atoms with van der Waals surface area (Å²) in [5, 5.41) is 0. The highest BCUT2D eigenvalue weighted by Crippen LogP contribution is 1.77. The Balaban J connectivity index is -0.000000180. The van der Waals surface area contributed by atoms with Crippen LogP contribution in [-0.4, -0.2) is 47.6 Å². The molecule has 2 N–H and O–H groups in total. The van der Waals surface area contributed by atoms with E-state index in [0.29, 0.717) is 26.7 Å². The summed E-state index contributed by atoms with van der Waals surface area (Å²) in [6.45, 7) is 4.77. The number of halogens is 1. The Morgan fingerprint density at radius 3 is 1.73 bits per heavy atom. The van der Waals surface area contributed by atoms with Gasteiger partial charge in [-0.25, -0.2) is 0 Å². The average Bonchev–Trinajstić information content (AvgIpc) is 2.21. The van der Waals surface area contributed by atoms with E-state index in [4.69, 9.17) is 15.2 Å². The highest BCUT2D eigenvalue weighted by molar-refractivity contribution is 14.0. The molecule has 5 nitrogen and oxygen atoms in total. The molecular weight excluding hydrogens is 313 g/mol. The maximum Gasteiger partial charge on any atom is 0.146 e. The second kappa shape index (κ2) is 24.0. The van der Waals surface area contributed by atoms with Gasteiger partial charge < -0.3 is 24.7 Å². The lowest BCUT2D eigenvalue weighted by molar-refractivity contribution is -0.0300. The molecule has 0 amide bonds. The third-order valence-electron chi connectivity index (χ3n) is 1.01. The van der Waals surface area contributed by atoms with Crippen molar-refractivity contribution in [1.29, 1.82) is 0 Å². The molecule has 0 aliphatic heterocycles. The van der Waals surface area contributed by atoms with Crippen LogP contribution in [0.2, 0.25) is 0 Å². The first-order valence-electron chi connectivity index (χ1n) is 4.66. The van der Waals surface area contributed by atoms with Crippen LogP contribution < -0.4 is 5.73 Å². The molecule has 6 heteroatoms. The number of ether oxygens (including phenoxy) is 4. The van der Waals surface area contributed by atoms with Crippen molar-refractivity contribution < 1.29 is 18.9 Å². The molecule has 0 saturated carbocycles. The first kappa shape index (κ1) is 20.9. The minimum absolute atomic E-state index is 0. The summed E-state index contributed by atoms with van der Waals surface area (Å²) in [6.07, 6.45) is 1.06. The van der Waals surface area contributed by atoms with Crippen molar-refractivity contribution in [2.75, 3.05) is 47.6 Å². The fraction of sp³-hybridized carbons (Fsp3) is 1.00. The standard InChI is InChI=1S/C5H12O2.C4H11NO2.HI/c1-3-4-7-5-6-2;1-6-4-7-3-2-5;/h3-5H2,1-2H3;2-5H2,1H3;1H. The topological polar surface area (TPSA) is 62.9 Å². The van der Waals surface area contributed by atoms with Crippen molar-refractivity contribution in [3.63, 3.8) is 0 Å². The van der Waals surface area contributed by atoms with Gasteiger partial charge in [0.15, 0.2) is 0 Å². The van der Waals surface area contributed by atoms with Crippen molar-refractivity contribution in [3.05, 3.63) is 0 Å². The SMILES string of the molecule is CCCOCOC.COCOCCN.I. The van der Waals surface area contributed by atoms with E-state index in [1.807, 2.05) is 0 Å². The van der Waals surface area contributed by atoms with Gasteiger partial charge in [0.1, 0.15) is 13.6 Å². The second-order valence-electron chi connectivity index (χ2n) is 2.42. The molecule has 0 saturated heterocycles. The highest BCUT2D eigenvalue weighted by Gasteiger charge is 1.77. The van der Waals surface area contributed by atoms with Gasteiger partial charge in [0.25, 0.3) is 0 Å². The summed E-state index contributed by atoms with van der Waals surface area (Å²) >= 11 is 0. The van der Waals surface area contributed by atoms with Crippen LogP contribution >= 0.6 is 24.0 Å². The maximum absolute atomic E-state index is 5.09. The molecule has 0 aliphatic carbocycles. The van der Waals surface area contributed by atoms with Gasteiger partial charge in [-0.1, -0.05) is 6.92 Å². The van der Waals surface area contributed by atoms with E-state index in [2.05, 4.69) is 16.4 Å². The highest BCUT2D eigenvalue weighted by atomic mass is 127.